The first-order chi connectivity index (χ1) is 13.2. The van der Waals surface area contributed by atoms with Gasteiger partial charge in [-0.25, -0.2) is 4.79 Å². The molecule has 0 saturated carbocycles. The molecule has 0 saturated heterocycles. The maximum Gasteiger partial charge on any atom is 0.407 e. The molecule has 0 aliphatic carbocycles. The van der Waals surface area contributed by atoms with Crippen LogP contribution in [0.25, 0.3) is 0 Å². The third-order valence-electron chi connectivity index (χ3n) is 4.54. The summed E-state index contributed by atoms with van der Waals surface area (Å²) in [5, 5.41) is 13.8. The van der Waals surface area contributed by atoms with Crippen molar-refractivity contribution < 1.29 is 14.6 Å². The summed E-state index contributed by atoms with van der Waals surface area (Å²) in [5.74, 6) is 0.288. The first kappa shape index (κ1) is 22.0. The minimum absolute atomic E-state index is 0.288. The van der Waals surface area contributed by atoms with Crippen LogP contribution in [0.1, 0.15) is 45.2 Å². The van der Waals surface area contributed by atoms with Crippen molar-refractivity contribution in [3.8, 4) is 0 Å². The summed E-state index contributed by atoms with van der Waals surface area (Å²) in [6.45, 7) is 7.62. The summed E-state index contributed by atoms with van der Waals surface area (Å²) >= 11 is 0. The summed E-state index contributed by atoms with van der Waals surface area (Å²) in [6, 6.07) is 19.7. The number of ether oxygens (including phenoxy) is 1. The molecule has 0 aromatic heterocycles. The highest BCUT2D eigenvalue weighted by atomic mass is 16.6. The van der Waals surface area contributed by atoms with Gasteiger partial charge in [0.15, 0.2) is 0 Å². The molecule has 3 atom stereocenters. The Bertz CT molecular complexity index is 710. The van der Waals surface area contributed by atoms with Gasteiger partial charge in [0.1, 0.15) is 5.60 Å². The average Bonchev–Trinajstić information content (AvgIpc) is 2.61. The van der Waals surface area contributed by atoms with Crippen molar-refractivity contribution in [2.45, 2.75) is 64.7 Å². The van der Waals surface area contributed by atoms with Crippen molar-refractivity contribution in [1.29, 1.82) is 0 Å². The van der Waals surface area contributed by atoms with Gasteiger partial charge in [-0.3, -0.25) is 0 Å². The van der Waals surface area contributed by atoms with Crippen molar-refractivity contribution in [2.24, 2.45) is 5.92 Å². The normalized spacial score (nSPS) is 14.8. The van der Waals surface area contributed by atoms with Gasteiger partial charge >= 0.3 is 6.09 Å². The Morgan fingerprint density at radius 1 is 0.964 bits per heavy atom. The van der Waals surface area contributed by atoms with E-state index in [0.717, 1.165) is 12.0 Å². The fourth-order valence-electron chi connectivity index (χ4n) is 3.29. The fraction of sp³-hybridized carbons (Fsp3) is 0.458. The largest absolute Gasteiger partial charge is 0.444 e. The van der Waals surface area contributed by atoms with Crippen molar-refractivity contribution in [1.82, 2.24) is 5.32 Å². The van der Waals surface area contributed by atoms with Crippen LogP contribution in [0.2, 0.25) is 0 Å². The van der Waals surface area contributed by atoms with Crippen LogP contribution < -0.4 is 5.32 Å². The average molecular weight is 384 g/mol. The topological polar surface area (TPSA) is 58.6 Å². The van der Waals surface area contributed by atoms with Gasteiger partial charge < -0.3 is 15.2 Å². The molecule has 2 rings (SSSR count). The van der Waals surface area contributed by atoms with Gasteiger partial charge in [0.2, 0.25) is 0 Å². The second-order valence-electron chi connectivity index (χ2n) is 8.54. The van der Waals surface area contributed by atoms with Gasteiger partial charge in [-0.2, -0.15) is 0 Å². The molecular weight excluding hydrogens is 350 g/mol. The van der Waals surface area contributed by atoms with Gasteiger partial charge in [0, 0.05) is 0 Å². The van der Waals surface area contributed by atoms with E-state index in [0.29, 0.717) is 12.8 Å². The predicted molar refractivity (Wildman–Crippen MR) is 113 cm³/mol. The molecule has 0 fully saturated rings. The Labute approximate surface area is 168 Å². The molecule has 0 radical (unpaired) electrons. The highest BCUT2D eigenvalue weighted by molar-refractivity contribution is 5.68. The van der Waals surface area contributed by atoms with Gasteiger partial charge in [-0.15, -0.1) is 0 Å². The van der Waals surface area contributed by atoms with Gasteiger partial charge in [0.25, 0.3) is 0 Å². The number of benzene rings is 2. The predicted octanol–water partition coefficient (Wildman–Crippen LogP) is 4.75. The number of rotatable bonds is 8. The molecule has 0 bridgehead atoms. The van der Waals surface area contributed by atoms with E-state index in [9.17, 15) is 9.90 Å². The summed E-state index contributed by atoms with van der Waals surface area (Å²) in [4.78, 5) is 12.3. The van der Waals surface area contributed by atoms with Crippen molar-refractivity contribution >= 4 is 6.09 Å². The van der Waals surface area contributed by atoms with E-state index >= 15 is 0 Å². The first-order valence-corrected chi connectivity index (χ1v) is 9.98. The van der Waals surface area contributed by atoms with Crippen molar-refractivity contribution in [3.63, 3.8) is 0 Å². The van der Waals surface area contributed by atoms with E-state index in [-0.39, 0.29) is 5.92 Å². The van der Waals surface area contributed by atoms with Crippen LogP contribution >= 0.6 is 0 Å². The van der Waals surface area contributed by atoms with E-state index < -0.39 is 23.8 Å². The first-order valence-electron chi connectivity index (χ1n) is 9.98. The monoisotopic (exact) mass is 383 g/mol. The molecule has 4 nitrogen and oxygen atoms in total. The number of alkyl carbamates (subject to hydrolysis) is 1. The molecule has 3 unspecified atom stereocenters. The van der Waals surface area contributed by atoms with Crippen LogP contribution in [0.15, 0.2) is 60.7 Å². The summed E-state index contributed by atoms with van der Waals surface area (Å²) in [5.41, 5.74) is 1.74. The lowest BCUT2D eigenvalue weighted by Gasteiger charge is -2.28. The van der Waals surface area contributed by atoms with E-state index in [1.165, 1.54) is 5.56 Å². The number of carbonyl (C=O) groups is 1. The van der Waals surface area contributed by atoms with Crippen molar-refractivity contribution in [2.75, 3.05) is 0 Å². The number of aliphatic hydroxyl groups excluding tert-OH is 1. The third-order valence-corrected chi connectivity index (χ3v) is 4.54. The Morgan fingerprint density at radius 2 is 1.46 bits per heavy atom. The van der Waals surface area contributed by atoms with E-state index in [4.69, 9.17) is 4.74 Å². The van der Waals surface area contributed by atoms with Crippen LogP contribution in [0, 0.1) is 5.92 Å². The van der Waals surface area contributed by atoms with Crippen LogP contribution in [0.3, 0.4) is 0 Å². The minimum atomic E-state index is -0.661. The Hall–Kier alpha value is -2.33. The third kappa shape index (κ3) is 8.13. The number of hydrogen-bond donors (Lipinski definition) is 2. The molecule has 0 aliphatic rings. The maximum atomic E-state index is 12.3. The van der Waals surface area contributed by atoms with Crippen LogP contribution in [-0.4, -0.2) is 28.9 Å². The van der Waals surface area contributed by atoms with E-state index in [2.05, 4.69) is 24.4 Å². The minimum Gasteiger partial charge on any atom is -0.444 e. The molecule has 0 heterocycles. The quantitative estimate of drug-likeness (QED) is 0.691. The molecule has 2 aromatic carbocycles. The zero-order chi connectivity index (χ0) is 20.6. The van der Waals surface area contributed by atoms with Gasteiger partial charge in [-0.1, -0.05) is 67.6 Å². The Balaban J connectivity index is 2.02. The second kappa shape index (κ2) is 10.3. The zero-order valence-electron chi connectivity index (χ0n) is 17.4. The molecule has 2 N–H and O–H groups in total. The highest BCUT2D eigenvalue weighted by Crippen LogP contribution is 2.18. The SMILES string of the molecule is CC(Cc1ccccc1)CC(O)C(Cc1ccccc1)NC(=O)OC(C)(C)C. The smallest absolute Gasteiger partial charge is 0.407 e. The number of carbonyl (C=O) groups excluding carboxylic acids is 1. The Morgan fingerprint density at radius 3 is 1.96 bits per heavy atom. The molecule has 152 valence electrons. The summed E-state index contributed by atoms with van der Waals surface area (Å²) in [6.07, 6.45) is 0.888. The lowest BCUT2D eigenvalue weighted by Crippen LogP contribution is -2.47. The van der Waals surface area contributed by atoms with Crippen molar-refractivity contribution in [3.05, 3.63) is 71.8 Å². The molecule has 28 heavy (non-hydrogen) atoms. The second-order valence-corrected chi connectivity index (χ2v) is 8.54. The lowest BCUT2D eigenvalue weighted by atomic mass is 9.90. The Kier molecular flexibility index (Phi) is 8.06. The lowest BCUT2D eigenvalue weighted by molar-refractivity contribution is 0.0395. The van der Waals surface area contributed by atoms with Crippen LogP contribution in [0.4, 0.5) is 4.79 Å². The van der Waals surface area contributed by atoms with E-state index in [1.807, 2.05) is 69.3 Å². The molecule has 0 aliphatic heterocycles. The molecule has 4 heteroatoms. The van der Waals surface area contributed by atoms with Gasteiger partial charge in [0.05, 0.1) is 12.1 Å². The van der Waals surface area contributed by atoms with Gasteiger partial charge in [-0.05, 0) is 57.1 Å². The number of nitrogens with one attached hydrogen (secondary N) is 1. The fourth-order valence-corrected chi connectivity index (χ4v) is 3.29. The molecule has 0 spiro atoms. The molecule has 2 aromatic rings. The zero-order valence-corrected chi connectivity index (χ0v) is 17.4. The maximum absolute atomic E-state index is 12.3. The summed E-state index contributed by atoms with van der Waals surface area (Å²) in [7, 11) is 0. The number of amides is 1. The van der Waals surface area contributed by atoms with E-state index in [1.54, 1.807) is 0 Å². The van der Waals surface area contributed by atoms with Crippen LogP contribution in [0.5, 0.6) is 0 Å². The summed E-state index contributed by atoms with van der Waals surface area (Å²) < 4.78 is 5.40. The van der Waals surface area contributed by atoms with Crippen LogP contribution in [-0.2, 0) is 17.6 Å². The number of hydrogen-bond acceptors (Lipinski definition) is 3. The highest BCUT2D eigenvalue weighted by Gasteiger charge is 2.26. The number of aliphatic hydroxyl groups is 1. The standard InChI is InChI=1S/C24H33NO3/c1-18(15-19-11-7-5-8-12-19)16-22(26)21(17-20-13-9-6-10-14-20)25-23(27)28-24(2,3)4/h5-14,18,21-22,26H,15-17H2,1-4H3,(H,25,27). The molecule has 1 amide bonds. The molecular formula is C24H33NO3.